The Labute approximate surface area is 121 Å². The molecular weight excluding hydrogens is 250 g/mol. The molecule has 4 heteroatoms. The van der Waals surface area contributed by atoms with Crippen LogP contribution in [-0.4, -0.2) is 35.6 Å². The molecule has 1 aromatic rings. The Morgan fingerprint density at radius 3 is 2.70 bits per heavy atom. The summed E-state index contributed by atoms with van der Waals surface area (Å²) in [6.07, 6.45) is 5.43. The van der Waals surface area contributed by atoms with Crippen LogP contribution in [0, 0.1) is 5.92 Å². The number of nitrogens with zero attached hydrogens (tertiary/aromatic N) is 2. The molecule has 2 rings (SSSR count). The first-order chi connectivity index (χ1) is 9.60. The third-order valence-electron chi connectivity index (χ3n) is 4.31. The zero-order chi connectivity index (χ0) is 14.5. The number of hydrogen-bond donors (Lipinski definition) is 1. The van der Waals surface area contributed by atoms with Crippen LogP contribution in [0.2, 0.25) is 0 Å². The molecule has 112 valence electrons. The first-order valence-electron chi connectivity index (χ1n) is 7.75. The summed E-state index contributed by atoms with van der Waals surface area (Å²) in [5.41, 5.74) is 1.15. The van der Waals surface area contributed by atoms with Crippen molar-refractivity contribution in [1.29, 1.82) is 0 Å². The molecule has 1 aromatic heterocycles. The van der Waals surface area contributed by atoms with Crippen LogP contribution in [0.15, 0.2) is 23.1 Å². The molecule has 0 amide bonds. The molecule has 1 aliphatic heterocycles. The second-order valence-electron chi connectivity index (χ2n) is 6.02. The predicted molar refractivity (Wildman–Crippen MR) is 84.3 cm³/mol. The Morgan fingerprint density at radius 2 is 2.05 bits per heavy atom. The zero-order valence-electron chi connectivity index (χ0n) is 12.9. The molecule has 4 nitrogen and oxygen atoms in total. The van der Waals surface area contributed by atoms with Crippen molar-refractivity contribution in [3.63, 3.8) is 0 Å². The average Bonchev–Trinajstić information content (AvgIpc) is 2.43. The first kappa shape index (κ1) is 15.1. The second kappa shape index (κ2) is 6.93. The van der Waals surface area contributed by atoms with Crippen LogP contribution in [0.5, 0.6) is 0 Å². The number of rotatable bonds is 5. The zero-order valence-corrected chi connectivity index (χ0v) is 12.9. The monoisotopic (exact) mass is 277 g/mol. The van der Waals surface area contributed by atoms with E-state index in [4.69, 9.17) is 0 Å². The van der Waals surface area contributed by atoms with E-state index in [9.17, 15) is 4.79 Å². The molecule has 0 radical (unpaired) electrons. The van der Waals surface area contributed by atoms with Gasteiger partial charge >= 0.3 is 0 Å². The quantitative estimate of drug-likeness (QED) is 0.898. The topological polar surface area (TPSA) is 37.3 Å². The van der Waals surface area contributed by atoms with Crippen LogP contribution in [0.4, 0.5) is 5.69 Å². The van der Waals surface area contributed by atoms with Crippen LogP contribution in [-0.2, 0) is 6.54 Å². The third-order valence-corrected chi connectivity index (χ3v) is 4.31. The van der Waals surface area contributed by atoms with Gasteiger partial charge in [0.25, 0.3) is 5.56 Å². The fourth-order valence-corrected chi connectivity index (χ4v) is 2.94. The van der Waals surface area contributed by atoms with Crippen molar-refractivity contribution in [2.75, 3.05) is 25.5 Å². The van der Waals surface area contributed by atoms with Gasteiger partial charge in [0.05, 0.1) is 5.69 Å². The van der Waals surface area contributed by atoms with Gasteiger partial charge in [-0.1, -0.05) is 6.92 Å². The Morgan fingerprint density at radius 1 is 1.35 bits per heavy atom. The van der Waals surface area contributed by atoms with Crippen LogP contribution < -0.4 is 10.9 Å². The number of aromatic nitrogens is 1. The molecular formula is C16H27N3O. The number of hydrogen-bond acceptors (Lipinski definition) is 3. The average molecular weight is 277 g/mol. The van der Waals surface area contributed by atoms with E-state index in [1.165, 1.54) is 25.9 Å². The number of aryl methyl sites for hydroxylation is 1. The molecule has 2 heterocycles. The van der Waals surface area contributed by atoms with E-state index < -0.39 is 0 Å². The van der Waals surface area contributed by atoms with Gasteiger partial charge in [-0.15, -0.1) is 0 Å². The van der Waals surface area contributed by atoms with Gasteiger partial charge in [-0.2, -0.15) is 0 Å². The highest BCUT2D eigenvalue weighted by molar-refractivity contribution is 5.41. The summed E-state index contributed by atoms with van der Waals surface area (Å²) in [4.78, 5) is 14.1. The maximum atomic E-state index is 11.7. The minimum atomic E-state index is 0.0874. The molecule has 0 aliphatic carbocycles. The van der Waals surface area contributed by atoms with Gasteiger partial charge in [0.15, 0.2) is 0 Å². The van der Waals surface area contributed by atoms with E-state index in [1.807, 2.05) is 12.3 Å². The van der Waals surface area contributed by atoms with E-state index in [0.717, 1.165) is 24.6 Å². The summed E-state index contributed by atoms with van der Waals surface area (Å²) in [6.45, 7) is 7.51. The number of nitrogens with one attached hydrogen (secondary N) is 1. The minimum Gasteiger partial charge on any atom is -0.381 e. The van der Waals surface area contributed by atoms with Crippen molar-refractivity contribution in [2.24, 2.45) is 5.92 Å². The lowest BCUT2D eigenvalue weighted by Gasteiger charge is -2.33. The van der Waals surface area contributed by atoms with E-state index in [2.05, 4.69) is 31.1 Å². The van der Waals surface area contributed by atoms with Crippen molar-refractivity contribution in [1.82, 2.24) is 9.47 Å². The highest BCUT2D eigenvalue weighted by atomic mass is 16.1. The summed E-state index contributed by atoms with van der Waals surface area (Å²) in [5.74, 6) is 0.720. The van der Waals surface area contributed by atoms with Gasteiger partial charge in [-0.25, -0.2) is 0 Å². The largest absolute Gasteiger partial charge is 0.381 e. The van der Waals surface area contributed by atoms with Crippen molar-refractivity contribution in [3.8, 4) is 0 Å². The normalized spacial score (nSPS) is 18.9. The molecule has 1 fully saturated rings. The Kier molecular flexibility index (Phi) is 5.24. The van der Waals surface area contributed by atoms with E-state index >= 15 is 0 Å². The molecule has 1 saturated heterocycles. The molecule has 0 saturated carbocycles. The number of piperidine rings is 1. The Balaban J connectivity index is 1.98. The van der Waals surface area contributed by atoms with E-state index in [1.54, 1.807) is 10.6 Å². The molecule has 1 unspecified atom stereocenters. The molecule has 0 aromatic carbocycles. The van der Waals surface area contributed by atoms with Crippen molar-refractivity contribution >= 4 is 5.69 Å². The Hall–Kier alpha value is -1.29. The highest BCUT2D eigenvalue weighted by Crippen LogP contribution is 2.22. The van der Waals surface area contributed by atoms with Gasteiger partial charge in [-0.05, 0) is 58.3 Å². The van der Waals surface area contributed by atoms with Crippen LogP contribution >= 0.6 is 0 Å². The lowest BCUT2D eigenvalue weighted by atomic mass is 9.90. The summed E-state index contributed by atoms with van der Waals surface area (Å²) in [7, 11) is 2.19. The smallest absolute Gasteiger partial charge is 0.250 e. The summed E-state index contributed by atoms with van der Waals surface area (Å²) >= 11 is 0. The molecule has 0 spiro atoms. The maximum absolute atomic E-state index is 11.7. The number of anilines is 1. The van der Waals surface area contributed by atoms with Gasteiger partial charge in [-0.3, -0.25) is 4.79 Å². The van der Waals surface area contributed by atoms with Crippen LogP contribution in [0.1, 0.15) is 33.1 Å². The second-order valence-corrected chi connectivity index (χ2v) is 6.02. The summed E-state index contributed by atoms with van der Waals surface area (Å²) in [6, 6.07) is 4.02. The standard InChI is InChI=1S/C16H27N3O/c1-4-9-19-12-15(5-6-16(19)20)17-13(2)14-7-10-18(3)11-8-14/h5-6,12-14,17H,4,7-11H2,1-3H3. The van der Waals surface area contributed by atoms with Gasteiger partial charge in [0.1, 0.15) is 0 Å². The van der Waals surface area contributed by atoms with Gasteiger partial charge in [0, 0.05) is 24.8 Å². The van der Waals surface area contributed by atoms with Crippen LogP contribution in [0.3, 0.4) is 0 Å². The fourth-order valence-electron chi connectivity index (χ4n) is 2.94. The lowest BCUT2D eigenvalue weighted by molar-refractivity contribution is 0.208. The Bertz CT molecular complexity index is 475. The summed E-state index contributed by atoms with van der Waals surface area (Å²) < 4.78 is 1.80. The minimum absolute atomic E-state index is 0.0874. The molecule has 1 N–H and O–H groups in total. The van der Waals surface area contributed by atoms with Gasteiger partial charge in [0.2, 0.25) is 0 Å². The fraction of sp³-hybridized carbons (Fsp3) is 0.688. The molecule has 20 heavy (non-hydrogen) atoms. The summed E-state index contributed by atoms with van der Waals surface area (Å²) in [5, 5.41) is 3.57. The van der Waals surface area contributed by atoms with Crippen molar-refractivity contribution in [2.45, 2.75) is 45.7 Å². The molecule has 1 aliphatic rings. The van der Waals surface area contributed by atoms with E-state index in [-0.39, 0.29) is 5.56 Å². The number of likely N-dealkylation sites (tertiary alicyclic amines) is 1. The van der Waals surface area contributed by atoms with Crippen LogP contribution in [0.25, 0.3) is 0 Å². The van der Waals surface area contributed by atoms with Gasteiger partial charge < -0.3 is 14.8 Å². The highest BCUT2D eigenvalue weighted by Gasteiger charge is 2.22. The lowest BCUT2D eigenvalue weighted by Crippen LogP contribution is -2.37. The predicted octanol–water partition coefficient (Wildman–Crippen LogP) is 2.40. The third kappa shape index (κ3) is 3.85. The maximum Gasteiger partial charge on any atom is 0.250 e. The van der Waals surface area contributed by atoms with Crippen molar-refractivity contribution in [3.05, 3.63) is 28.7 Å². The number of pyridine rings is 1. The molecule has 0 bridgehead atoms. The SMILES string of the molecule is CCCn1cc(NC(C)C2CCN(C)CC2)ccc1=O. The van der Waals surface area contributed by atoms with E-state index in [0.29, 0.717) is 6.04 Å². The first-order valence-corrected chi connectivity index (χ1v) is 7.75. The van der Waals surface area contributed by atoms with Crippen molar-refractivity contribution < 1.29 is 0 Å². The molecule has 1 atom stereocenters.